The van der Waals surface area contributed by atoms with Gasteiger partial charge < -0.3 is 10.0 Å². The van der Waals surface area contributed by atoms with Crippen molar-refractivity contribution in [2.24, 2.45) is 5.92 Å². The Balaban J connectivity index is 1.60. The van der Waals surface area contributed by atoms with Crippen LogP contribution in [0.5, 0.6) is 0 Å². The van der Waals surface area contributed by atoms with Gasteiger partial charge in [0.15, 0.2) is 0 Å². The van der Waals surface area contributed by atoms with Crippen LogP contribution in [0.4, 0.5) is 0 Å². The summed E-state index contributed by atoms with van der Waals surface area (Å²) in [5.41, 5.74) is 0. The quantitative estimate of drug-likeness (QED) is 0.930. The number of carbonyl (C=O) groups is 1. The van der Waals surface area contributed by atoms with Crippen LogP contribution in [-0.4, -0.2) is 53.1 Å². The highest BCUT2D eigenvalue weighted by Gasteiger charge is 2.32. The monoisotopic (exact) mass is 308 g/mol. The van der Waals surface area contributed by atoms with Gasteiger partial charge in [-0.05, 0) is 43.2 Å². The summed E-state index contributed by atoms with van der Waals surface area (Å²) >= 11 is 1.74. The molecule has 1 aromatic rings. The number of hydrogen-bond donors (Lipinski definition) is 1. The molecule has 4 nitrogen and oxygen atoms in total. The molecule has 3 atom stereocenters. The van der Waals surface area contributed by atoms with Crippen LogP contribution in [0, 0.1) is 5.92 Å². The van der Waals surface area contributed by atoms with E-state index in [9.17, 15) is 9.90 Å². The van der Waals surface area contributed by atoms with Crippen molar-refractivity contribution < 1.29 is 9.90 Å². The van der Waals surface area contributed by atoms with Crippen molar-refractivity contribution in [1.82, 2.24) is 9.80 Å². The van der Waals surface area contributed by atoms with E-state index >= 15 is 0 Å². The molecule has 2 saturated heterocycles. The van der Waals surface area contributed by atoms with Gasteiger partial charge in [-0.1, -0.05) is 13.0 Å². The first-order valence-electron chi connectivity index (χ1n) is 7.88. The minimum atomic E-state index is -0.293. The maximum Gasteiger partial charge on any atom is 0.237 e. The van der Waals surface area contributed by atoms with Crippen molar-refractivity contribution in [2.45, 2.75) is 38.3 Å². The second-order valence-corrected chi connectivity index (χ2v) is 7.31. The van der Waals surface area contributed by atoms with Gasteiger partial charge in [-0.3, -0.25) is 9.69 Å². The smallest absolute Gasteiger partial charge is 0.237 e. The average Bonchev–Trinajstić information content (AvgIpc) is 3.12. The van der Waals surface area contributed by atoms with Crippen molar-refractivity contribution in [3.8, 4) is 0 Å². The molecule has 3 heterocycles. The Morgan fingerprint density at radius 3 is 3.00 bits per heavy atom. The van der Waals surface area contributed by atoms with Gasteiger partial charge in [0, 0.05) is 18.0 Å². The van der Waals surface area contributed by atoms with E-state index in [0.717, 1.165) is 32.4 Å². The maximum atomic E-state index is 12.6. The molecule has 3 unspecified atom stereocenters. The summed E-state index contributed by atoms with van der Waals surface area (Å²) in [5.74, 6) is 0.564. The highest BCUT2D eigenvalue weighted by molar-refractivity contribution is 7.10. The van der Waals surface area contributed by atoms with Crippen LogP contribution in [0.3, 0.4) is 0 Å². The predicted octanol–water partition coefficient (Wildman–Crippen LogP) is 2.11. The molecule has 2 aliphatic rings. The van der Waals surface area contributed by atoms with Gasteiger partial charge in [-0.15, -0.1) is 11.3 Å². The van der Waals surface area contributed by atoms with E-state index < -0.39 is 0 Å². The summed E-state index contributed by atoms with van der Waals surface area (Å²) in [4.78, 5) is 18.1. The summed E-state index contributed by atoms with van der Waals surface area (Å²) in [6.45, 7) is 4.95. The van der Waals surface area contributed by atoms with Gasteiger partial charge >= 0.3 is 0 Å². The third-order valence-electron chi connectivity index (χ3n) is 4.81. The zero-order valence-electron chi connectivity index (χ0n) is 12.6. The molecule has 2 fully saturated rings. The van der Waals surface area contributed by atoms with E-state index in [0.29, 0.717) is 19.0 Å². The van der Waals surface area contributed by atoms with Crippen LogP contribution in [0.25, 0.3) is 0 Å². The number of piperidine rings is 1. The van der Waals surface area contributed by atoms with Crippen molar-refractivity contribution in [3.63, 3.8) is 0 Å². The maximum absolute atomic E-state index is 12.6. The SMILES string of the molecule is CC1CCN(CC(=O)N2CCCC2c2cccs2)CC1O. The fourth-order valence-corrected chi connectivity index (χ4v) is 4.26. The van der Waals surface area contributed by atoms with Gasteiger partial charge in [0.1, 0.15) is 0 Å². The minimum Gasteiger partial charge on any atom is -0.392 e. The number of nitrogens with zero attached hydrogens (tertiary/aromatic N) is 2. The molecule has 0 saturated carbocycles. The molecule has 0 aromatic carbocycles. The Morgan fingerprint density at radius 2 is 2.29 bits per heavy atom. The lowest BCUT2D eigenvalue weighted by molar-refractivity contribution is -0.134. The zero-order chi connectivity index (χ0) is 14.8. The Kier molecular flexibility index (Phi) is 4.62. The molecule has 0 radical (unpaired) electrons. The number of β-amino-alcohol motifs (C(OH)–C–C–N with tert-alkyl or cyclic N) is 1. The highest BCUT2D eigenvalue weighted by Crippen LogP contribution is 2.34. The third-order valence-corrected chi connectivity index (χ3v) is 5.78. The molecule has 5 heteroatoms. The lowest BCUT2D eigenvalue weighted by atomic mass is 9.96. The molecule has 1 aromatic heterocycles. The van der Waals surface area contributed by atoms with Gasteiger partial charge in [-0.25, -0.2) is 0 Å². The fourth-order valence-electron chi connectivity index (χ4n) is 3.38. The van der Waals surface area contributed by atoms with Crippen LogP contribution in [0.2, 0.25) is 0 Å². The first-order valence-corrected chi connectivity index (χ1v) is 8.76. The molecule has 116 valence electrons. The molecule has 3 rings (SSSR count). The van der Waals surface area contributed by atoms with Crippen LogP contribution in [0.1, 0.15) is 37.1 Å². The first-order chi connectivity index (χ1) is 10.1. The summed E-state index contributed by atoms with van der Waals surface area (Å²) in [5, 5.41) is 12.0. The van der Waals surface area contributed by atoms with Crippen molar-refractivity contribution in [2.75, 3.05) is 26.2 Å². The summed E-state index contributed by atoms with van der Waals surface area (Å²) in [6, 6.07) is 4.46. The zero-order valence-corrected chi connectivity index (χ0v) is 13.4. The van der Waals surface area contributed by atoms with Gasteiger partial charge in [0.05, 0.1) is 18.7 Å². The molecular weight excluding hydrogens is 284 g/mol. The number of carbonyl (C=O) groups excluding carboxylic acids is 1. The van der Waals surface area contributed by atoms with E-state index in [1.54, 1.807) is 11.3 Å². The standard InChI is InChI=1S/C16H24N2O2S/c1-12-6-8-17(10-14(12)19)11-16(20)18-7-2-4-13(18)15-5-3-9-21-15/h3,5,9,12-14,19H,2,4,6-8,10-11H2,1H3. The Labute approximate surface area is 130 Å². The van der Waals surface area contributed by atoms with Gasteiger partial charge in [0.25, 0.3) is 0 Å². The topological polar surface area (TPSA) is 43.8 Å². The molecule has 0 bridgehead atoms. The average molecular weight is 308 g/mol. The summed E-state index contributed by atoms with van der Waals surface area (Å²) in [7, 11) is 0. The number of thiophene rings is 1. The van der Waals surface area contributed by atoms with E-state index in [4.69, 9.17) is 0 Å². The lowest BCUT2D eigenvalue weighted by Crippen LogP contribution is -2.47. The normalized spacial score (nSPS) is 30.8. The molecule has 0 spiro atoms. The number of hydrogen-bond acceptors (Lipinski definition) is 4. The Hall–Kier alpha value is -0.910. The predicted molar refractivity (Wildman–Crippen MR) is 84.2 cm³/mol. The number of aliphatic hydroxyl groups is 1. The van der Waals surface area contributed by atoms with E-state index in [1.165, 1.54) is 4.88 Å². The highest BCUT2D eigenvalue weighted by atomic mass is 32.1. The van der Waals surface area contributed by atoms with Crippen LogP contribution < -0.4 is 0 Å². The largest absolute Gasteiger partial charge is 0.392 e. The van der Waals surface area contributed by atoms with Crippen LogP contribution in [0.15, 0.2) is 17.5 Å². The molecule has 2 aliphatic heterocycles. The third kappa shape index (κ3) is 3.30. The molecular formula is C16H24N2O2S. The second-order valence-electron chi connectivity index (χ2n) is 6.33. The van der Waals surface area contributed by atoms with E-state index in [2.05, 4.69) is 29.3 Å². The van der Waals surface area contributed by atoms with Gasteiger partial charge in [0.2, 0.25) is 5.91 Å². The Bertz CT molecular complexity index is 477. The lowest BCUT2D eigenvalue weighted by Gasteiger charge is -2.35. The van der Waals surface area contributed by atoms with E-state index in [1.807, 2.05) is 4.90 Å². The fraction of sp³-hybridized carbons (Fsp3) is 0.688. The Morgan fingerprint density at radius 1 is 1.43 bits per heavy atom. The first kappa shape index (κ1) is 15.0. The van der Waals surface area contributed by atoms with Crippen LogP contribution >= 0.6 is 11.3 Å². The minimum absolute atomic E-state index is 0.215. The number of rotatable bonds is 3. The van der Waals surface area contributed by atoms with Crippen LogP contribution in [-0.2, 0) is 4.79 Å². The van der Waals surface area contributed by atoms with E-state index in [-0.39, 0.29) is 18.1 Å². The number of likely N-dealkylation sites (tertiary alicyclic amines) is 2. The second kappa shape index (κ2) is 6.46. The van der Waals surface area contributed by atoms with Crippen molar-refractivity contribution in [3.05, 3.63) is 22.4 Å². The summed E-state index contributed by atoms with van der Waals surface area (Å²) in [6.07, 6.45) is 2.85. The molecule has 0 aliphatic carbocycles. The number of aliphatic hydroxyl groups excluding tert-OH is 1. The van der Waals surface area contributed by atoms with Crippen molar-refractivity contribution in [1.29, 1.82) is 0 Å². The number of amides is 1. The molecule has 1 amide bonds. The molecule has 21 heavy (non-hydrogen) atoms. The van der Waals surface area contributed by atoms with Crippen molar-refractivity contribution >= 4 is 17.2 Å². The van der Waals surface area contributed by atoms with Gasteiger partial charge in [-0.2, -0.15) is 0 Å². The molecule has 1 N–H and O–H groups in total. The summed E-state index contributed by atoms with van der Waals surface area (Å²) < 4.78 is 0.